The summed E-state index contributed by atoms with van der Waals surface area (Å²) in [6.07, 6.45) is -0.595. The predicted octanol–water partition coefficient (Wildman–Crippen LogP) is 4.28. The number of carbonyl (C=O) groups excluding carboxylic acids is 1. The van der Waals surface area contributed by atoms with Crippen molar-refractivity contribution in [1.29, 1.82) is 0 Å². The van der Waals surface area contributed by atoms with E-state index < -0.39 is 17.9 Å². The number of ketones is 1. The highest BCUT2D eigenvalue weighted by Crippen LogP contribution is 2.18. The Balaban J connectivity index is 1.58. The quantitative estimate of drug-likeness (QED) is 0.535. The summed E-state index contributed by atoms with van der Waals surface area (Å²) in [6, 6.07) is 19.8. The molecular formula is C24H21FO5. The average molecular weight is 408 g/mol. The van der Waals surface area contributed by atoms with Crippen molar-refractivity contribution < 1.29 is 28.6 Å². The van der Waals surface area contributed by atoms with Crippen molar-refractivity contribution in [2.45, 2.75) is 19.1 Å². The summed E-state index contributed by atoms with van der Waals surface area (Å²) < 4.78 is 24.5. The molecule has 5 nitrogen and oxygen atoms in total. The molecule has 0 saturated carbocycles. The molecular weight excluding hydrogens is 387 g/mol. The number of hydrogen-bond acceptors (Lipinski definition) is 4. The lowest BCUT2D eigenvalue weighted by atomic mass is 10.0. The van der Waals surface area contributed by atoms with E-state index in [2.05, 4.69) is 0 Å². The first-order valence-electron chi connectivity index (χ1n) is 9.33. The Morgan fingerprint density at radius 2 is 1.57 bits per heavy atom. The number of carbonyl (C=O) groups is 2. The van der Waals surface area contributed by atoms with E-state index in [1.165, 1.54) is 25.3 Å². The van der Waals surface area contributed by atoms with Gasteiger partial charge in [-0.2, -0.15) is 0 Å². The van der Waals surface area contributed by atoms with Gasteiger partial charge in [0, 0.05) is 19.1 Å². The second-order valence-electron chi connectivity index (χ2n) is 6.71. The van der Waals surface area contributed by atoms with E-state index in [-0.39, 0.29) is 17.8 Å². The Morgan fingerprint density at radius 1 is 0.933 bits per heavy atom. The number of rotatable bonds is 9. The van der Waals surface area contributed by atoms with Gasteiger partial charge >= 0.3 is 5.97 Å². The number of carboxylic acids is 1. The molecule has 1 N–H and O–H groups in total. The van der Waals surface area contributed by atoms with Crippen molar-refractivity contribution in [1.82, 2.24) is 0 Å². The molecule has 0 saturated heterocycles. The minimum Gasteiger partial charge on any atom is -0.489 e. The number of methoxy groups -OCH3 is 1. The fraction of sp³-hybridized carbons (Fsp3) is 0.167. The maximum Gasteiger partial charge on any atom is 0.333 e. The van der Waals surface area contributed by atoms with Crippen molar-refractivity contribution in [2.24, 2.45) is 0 Å². The molecule has 0 radical (unpaired) electrons. The van der Waals surface area contributed by atoms with Gasteiger partial charge in [-0.15, -0.1) is 0 Å². The van der Waals surface area contributed by atoms with E-state index in [0.717, 1.165) is 11.1 Å². The SMILES string of the molecule is CO[C@@H](Cc1ccc(COc2ccc(C(=O)c3ccccc3F)cc2)cc1)C(=O)O. The number of hydrogen-bond donors (Lipinski definition) is 1. The molecule has 30 heavy (non-hydrogen) atoms. The monoisotopic (exact) mass is 408 g/mol. The molecule has 0 aromatic heterocycles. The van der Waals surface area contributed by atoms with Crippen LogP contribution in [-0.2, 0) is 22.6 Å². The molecule has 0 aliphatic heterocycles. The van der Waals surface area contributed by atoms with E-state index in [1.54, 1.807) is 30.3 Å². The van der Waals surface area contributed by atoms with Gasteiger partial charge in [-0.1, -0.05) is 36.4 Å². The molecule has 3 aromatic rings. The standard InChI is InChI=1S/C24H21FO5/c1-29-22(24(27)28)14-16-6-8-17(9-7-16)15-30-19-12-10-18(11-13-19)23(26)20-4-2-3-5-21(20)25/h2-13,22H,14-15H2,1H3,(H,27,28)/t22-/m0/s1. The Hall–Kier alpha value is -3.51. The molecule has 0 bridgehead atoms. The van der Waals surface area contributed by atoms with Crippen LogP contribution >= 0.6 is 0 Å². The van der Waals surface area contributed by atoms with Gasteiger partial charge in [-0.25, -0.2) is 9.18 Å². The zero-order valence-electron chi connectivity index (χ0n) is 16.4. The Morgan fingerprint density at radius 3 is 2.17 bits per heavy atom. The number of benzene rings is 3. The third-order valence-electron chi connectivity index (χ3n) is 4.64. The zero-order chi connectivity index (χ0) is 21.5. The lowest BCUT2D eigenvalue weighted by molar-refractivity contribution is -0.148. The normalized spacial score (nSPS) is 11.7. The molecule has 154 valence electrons. The summed E-state index contributed by atoms with van der Waals surface area (Å²) in [4.78, 5) is 23.4. The smallest absolute Gasteiger partial charge is 0.333 e. The zero-order valence-corrected chi connectivity index (χ0v) is 16.4. The van der Waals surface area contributed by atoms with Crippen LogP contribution in [0.2, 0.25) is 0 Å². The second kappa shape index (κ2) is 9.80. The summed E-state index contributed by atoms with van der Waals surface area (Å²) >= 11 is 0. The van der Waals surface area contributed by atoms with Crippen LogP contribution in [0, 0.1) is 5.82 Å². The van der Waals surface area contributed by atoms with Crippen molar-refractivity contribution in [2.75, 3.05) is 7.11 Å². The first-order valence-corrected chi connectivity index (χ1v) is 9.33. The topological polar surface area (TPSA) is 72.8 Å². The van der Waals surface area contributed by atoms with Crippen LogP contribution in [-0.4, -0.2) is 30.1 Å². The van der Waals surface area contributed by atoms with E-state index in [4.69, 9.17) is 14.6 Å². The van der Waals surface area contributed by atoms with Crippen molar-refractivity contribution >= 4 is 11.8 Å². The Bertz CT molecular complexity index is 1010. The highest BCUT2D eigenvalue weighted by Gasteiger charge is 2.16. The van der Waals surface area contributed by atoms with E-state index in [9.17, 15) is 14.0 Å². The molecule has 0 aliphatic carbocycles. The van der Waals surface area contributed by atoms with Gasteiger partial charge in [-0.3, -0.25) is 4.79 Å². The van der Waals surface area contributed by atoms with Crippen LogP contribution in [0.4, 0.5) is 4.39 Å². The summed E-state index contributed by atoms with van der Waals surface area (Å²) in [6.45, 7) is 0.313. The first-order chi connectivity index (χ1) is 14.5. The van der Waals surface area contributed by atoms with Gasteiger partial charge in [0.15, 0.2) is 11.9 Å². The van der Waals surface area contributed by atoms with Gasteiger partial charge in [0.2, 0.25) is 0 Å². The number of aliphatic carboxylic acids is 1. The maximum absolute atomic E-state index is 13.8. The minimum atomic E-state index is -0.998. The fourth-order valence-corrected chi connectivity index (χ4v) is 2.93. The second-order valence-corrected chi connectivity index (χ2v) is 6.71. The van der Waals surface area contributed by atoms with Crippen LogP contribution in [0.15, 0.2) is 72.8 Å². The Kier molecular flexibility index (Phi) is 6.93. The largest absolute Gasteiger partial charge is 0.489 e. The third-order valence-corrected chi connectivity index (χ3v) is 4.64. The summed E-state index contributed by atoms with van der Waals surface area (Å²) in [5.74, 6) is -1.35. The van der Waals surface area contributed by atoms with Gasteiger partial charge in [0.1, 0.15) is 18.2 Å². The molecule has 0 aliphatic rings. The maximum atomic E-state index is 13.8. The summed E-state index contributed by atoms with van der Waals surface area (Å²) in [7, 11) is 1.37. The molecule has 0 fully saturated rings. The number of ether oxygens (including phenoxy) is 2. The molecule has 3 rings (SSSR count). The first kappa shape index (κ1) is 21.2. The van der Waals surface area contributed by atoms with Crippen LogP contribution < -0.4 is 4.74 Å². The molecule has 1 atom stereocenters. The fourth-order valence-electron chi connectivity index (χ4n) is 2.93. The van der Waals surface area contributed by atoms with Crippen molar-refractivity contribution in [3.05, 3.63) is 101 Å². The average Bonchev–Trinajstić information content (AvgIpc) is 2.77. The highest BCUT2D eigenvalue weighted by atomic mass is 19.1. The minimum absolute atomic E-state index is 0.0323. The van der Waals surface area contributed by atoms with Crippen LogP contribution in [0.1, 0.15) is 27.0 Å². The summed E-state index contributed by atoms with van der Waals surface area (Å²) in [5, 5.41) is 9.05. The van der Waals surface area contributed by atoms with Gasteiger partial charge in [-0.05, 0) is 47.5 Å². The Labute approximate surface area is 173 Å². The number of halogens is 1. The molecule has 3 aromatic carbocycles. The molecule has 0 heterocycles. The van der Waals surface area contributed by atoms with Gasteiger partial charge in [0.25, 0.3) is 0 Å². The van der Waals surface area contributed by atoms with E-state index in [0.29, 0.717) is 17.9 Å². The molecule has 6 heteroatoms. The molecule has 0 amide bonds. The van der Waals surface area contributed by atoms with Crippen LogP contribution in [0.5, 0.6) is 5.75 Å². The predicted molar refractivity (Wildman–Crippen MR) is 109 cm³/mol. The van der Waals surface area contributed by atoms with Crippen molar-refractivity contribution in [3.63, 3.8) is 0 Å². The van der Waals surface area contributed by atoms with Gasteiger partial charge in [0.05, 0.1) is 5.56 Å². The summed E-state index contributed by atoms with van der Waals surface area (Å²) in [5.41, 5.74) is 2.17. The van der Waals surface area contributed by atoms with Crippen molar-refractivity contribution in [3.8, 4) is 5.75 Å². The lowest BCUT2D eigenvalue weighted by Gasteiger charge is -2.11. The molecule has 0 spiro atoms. The van der Waals surface area contributed by atoms with E-state index in [1.807, 2.05) is 24.3 Å². The lowest BCUT2D eigenvalue weighted by Crippen LogP contribution is -2.24. The molecule has 0 unspecified atom stereocenters. The third kappa shape index (κ3) is 5.30. The van der Waals surface area contributed by atoms with E-state index >= 15 is 0 Å². The highest BCUT2D eigenvalue weighted by molar-refractivity contribution is 6.09. The van der Waals surface area contributed by atoms with Crippen LogP contribution in [0.3, 0.4) is 0 Å². The number of carboxylic acid groups (broad SMARTS) is 1. The van der Waals surface area contributed by atoms with Crippen LogP contribution in [0.25, 0.3) is 0 Å². The van der Waals surface area contributed by atoms with Gasteiger partial charge < -0.3 is 14.6 Å².